The molecule has 0 atom stereocenters. The van der Waals surface area contributed by atoms with Gasteiger partial charge < -0.3 is 15.6 Å². The summed E-state index contributed by atoms with van der Waals surface area (Å²) in [6.07, 6.45) is 1.62. The van der Waals surface area contributed by atoms with Crippen LogP contribution in [0.25, 0.3) is 5.69 Å². The molecule has 20 heavy (non-hydrogen) atoms. The Labute approximate surface area is 118 Å². The van der Waals surface area contributed by atoms with Crippen LogP contribution < -0.4 is 10.5 Å². The van der Waals surface area contributed by atoms with Crippen molar-refractivity contribution in [3.63, 3.8) is 0 Å². The lowest BCUT2D eigenvalue weighted by Gasteiger charge is -2.14. The van der Waals surface area contributed by atoms with Crippen LogP contribution in [0.5, 0.6) is 5.88 Å². The minimum atomic E-state index is -0.0668. The zero-order valence-corrected chi connectivity index (χ0v) is 12.0. The second kappa shape index (κ2) is 5.50. The number of aliphatic hydroxyl groups excluding tert-OH is 1. The van der Waals surface area contributed by atoms with E-state index in [9.17, 15) is 0 Å². The van der Waals surface area contributed by atoms with Crippen molar-refractivity contribution in [3.05, 3.63) is 30.1 Å². The Kier molecular flexibility index (Phi) is 3.94. The van der Waals surface area contributed by atoms with E-state index in [1.54, 1.807) is 16.9 Å². The topological polar surface area (TPSA) is 86.2 Å². The molecule has 108 valence electrons. The Hall–Kier alpha value is -2.08. The van der Waals surface area contributed by atoms with Crippen LogP contribution in [-0.4, -0.2) is 33.1 Å². The van der Waals surface area contributed by atoms with Crippen molar-refractivity contribution in [2.45, 2.75) is 26.2 Å². The number of aliphatic hydroxyl groups is 1. The minimum absolute atomic E-state index is 0.0516. The number of nitrogens with two attached hydrogens (primary N) is 1. The number of rotatable bonds is 4. The molecule has 6 heteroatoms. The average molecular weight is 276 g/mol. The van der Waals surface area contributed by atoms with Crippen molar-refractivity contribution >= 4 is 5.82 Å². The summed E-state index contributed by atoms with van der Waals surface area (Å²) in [6, 6.07) is 5.42. The normalized spacial score (nSPS) is 11.6. The van der Waals surface area contributed by atoms with E-state index < -0.39 is 0 Å². The molecular formula is C14H20N4O2. The molecule has 0 aromatic carbocycles. The third-order valence-electron chi connectivity index (χ3n) is 2.81. The second-order valence-electron chi connectivity index (χ2n) is 5.54. The van der Waals surface area contributed by atoms with Crippen molar-refractivity contribution in [2.24, 2.45) is 0 Å². The zero-order chi connectivity index (χ0) is 14.8. The molecule has 0 saturated heterocycles. The van der Waals surface area contributed by atoms with Crippen LogP contribution in [0.3, 0.4) is 0 Å². The van der Waals surface area contributed by atoms with Gasteiger partial charge in [-0.2, -0.15) is 5.10 Å². The van der Waals surface area contributed by atoms with Crippen molar-refractivity contribution in [3.8, 4) is 11.6 Å². The SMILES string of the molecule is CC(C)(C)c1cc(N)n(-c2ccnc(OCCO)c2)n1. The number of pyridine rings is 1. The largest absolute Gasteiger partial charge is 0.475 e. The van der Waals surface area contributed by atoms with Gasteiger partial charge in [0.05, 0.1) is 18.0 Å². The lowest BCUT2D eigenvalue weighted by atomic mass is 9.92. The molecule has 0 aliphatic heterocycles. The number of hydrogen-bond donors (Lipinski definition) is 2. The molecule has 0 amide bonds. The first-order valence-electron chi connectivity index (χ1n) is 6.48. The Bertz CT molecular complexity index is 587. The van der Waals surface area contributed by atoms with E-state index in [0.29, 0.717) is 11.7 Å². The van der Waals surface area contributed by atoms with E-state index in [0.717, 1.165) is 11.4 Å². The molecule has 0 unspecified atom stereocenters. The highest BCUT2D eigenvalue weighted by Gasteiger charge is 2.19. The van der Waals surface area contributed by atoms with Crippen LogP contribution in [0.2, 0.25) is 0 Å². The summed E-state index contributed by atoms with van der Waals surface area (Å²) in [5, 5.41) is 13.3. The Morgan fingerprint density at radius 3 is 2.70 bits per heavy atom. The quantitative estimate of drug-likeness (QED) is 0.884. The van der Waals surface area contributed by atoms with E-state index in [4.69, 9.17) is 15.6 Å². The first-order chi connectivity index (χ1) is 9.41. The molecule has 0 spiro atoms. The first kappa shape index (κ1) is 14.3. The van der Waals surface area contributed by atoms with Crippen molar-refractivity contribution in [1.29, 1.82) is 0 Å². The van der Waals surface area contributed by atoms with Gasteiger partial charge >= 0.3 is 0 Å². The molecule has 0 radical (unpaired) electrons. The standard InChI is InChI=1S/C14H20N4O2/c1-14(2,3)11-9-12(15)18(17-11)10-4-5-16-13(8-10)20-7-6-19/h4-5,8-9,19H,6-7,15H2,1-3H3. The summed E-state index contributed by atoms with van der Waals surface area (Å²) in [5.74, 6) is 0.998. The van der Waals surface area contributed by atoms with Gasteiger partial charge in [0.1, 0.15) is 12.4 Å². The molecule has 2 aromatic heterocycles. The Morgan fingerprint density at radius 1 is 1.35 bits per heavy atom. The van der Waals surface area contributed by atoms with Crippen LogP contribution in [0.1, 0.15) is 26.5 Å². The molecule has 2 heterocycles. The molecule has 6 nitrogen and oxygen atoms in total. The predicted octanol–water partition coefficient (Wildman–Crippen LogP) is 1.52. The first-order valence-corrected chi connectivity index (χ1v) is 6.48. The summed E-state index contributed by atoms with van der Waals surface area (Å²) in [7, 11) is 0. The van der Waals surface area contributed by atoms with Crippen molar-refractivity contribution < 1.29 is 9.84 Å². The van der Waals surface area contributed by atoms with Gasteiger partial charge in [0.25, 0.3) is 0 Å². The van der Waals surface area contributed by atoms with Crippen LogP contribution in [-0.2, 0) is 5.41 Å². The number of hydrogen-bond acceptors (Lipinski definition) is 5. The summed E-state index contributed by atoms with van der Waals surface area (Å²) < 4.78 is 6.95. The Morgan fingerprint density at radius 2 is 2.10 bits per heavy atom. The molecule has 2 rings (SSSR count). The number of nitrogen functional groups attached to an aromatic ring is 1. The molecule has 0 bridgehead atoms. The van der Waals surface area contributed by atoms with Crippen LogP contribution in [0.15, 0.2) is 24.4 Å². The lowest BCUT2D eigenvalue weighted by molar-refractivity contribution is 0.196. The maximum atomic E-state index is 8.76. The predicted molar refractivity (Wildman–Crippen MR) is 77.1 cm³/mol. The van der Waals surface area contributed by atoms with E-state index in [-0.39, 0.29) is 18.6 Å². The van der Waals surface area contributed by atoms with Crippen molar-refractivity contribution in [1.82, 2.24) is 14.8 Å². The molecule has 0 aliphatic carbocycles. The maximum Gasteiger partial charge on any atom is 0.215 e. The molecule has 3 N–H and O–H groups in total. The Balaban J connectivity index is 2.34. The molecule has 0 fully saturated rings. The van der Waals surface area contributed by atoms with Gasteiger partial charge in [0, 0.05) is 23.7 Å². The van der Waals surface area contributed by atoms with Gasteiger partial charge in [-0.3, -0.25) is 0 Å². The fraction of sp³-hybridized carbons (Fsp3) is 0.429. The van der Waals surface area contributed by atoms with E-state index in [1.807, 2.05) is 12.1 Å². The van der Waals surface area contributed by atoms with Gasteiger partial charge in [-0.25, -0.2) is 9.67 Å². The summed E-state index contributed by atoms with van der Waals surface area (Å²) in [5.41, 5.74) is 7.65. The molecular weight excluding hydrogens is 256 g/mol. The van der Waals surface area contributed by atoms with Gasteiger partial charge in [-0.15, -0.1) is 0 Å². The molecule has 0 saturated carbocycles. The van der Waals surface area contributed by atoms with Crippen LogP contribution in [0.4, 0.5) is 5.82 Å². The minimum Gasteiger partial charge on any atom is -0.475 e. The second-order valence-corrected chi connectivity index (χ2v) is 5.54. The van der Waals surface area contributed by atoms with E-state index in [2.05, 4.69) is 30.9 Å². The average Bonchev–Trinajstić information content (AvgIpc) is 2.79. The number of aromatic nitrogens is 3. The van der Waals surface area contributed by atoms with Gasteiger partial charge in [-0.1, -0.05) is 20.8 Å². The maximum absolute atomic E-state index is 8.76. The highest BCUT2D eigenvalue weighted by atomic mass is 16.5. The van der Waals surface area contributed by atoms with Crippen LogP contribution in [0, 0.1) is 0 Å². The monoisotopic (exact) mass is 276 g/mol. The number of nitrogens with zero attached hydrogens (tertiary/aromatic N) is 3. The van der Waals surface area contributed by atoms with Crippen molar-refractivity contribution in [2.75, 3.05) is 18.9 Å². The fourth-order valence-corrected chi connectivity index (χ4v) is 1.73. The van der Waals surface area contributed by atoms with Gasteiger partial charge in [-0.05, 0) is 6.07 Å². The van der Waals surface area contributed by atoms with E-state index >= 15 is 0 Å². The highest BCUT2D eigenvalue weighted by molar-refractivity contribution is 5.45. The fourth-order valence-electron chi connectivity index (χ4n) is 1.73. The summed E-state index contributed by atoms with van der Waals surface area (Å²) in [4.78, 5) is 4.07. The summed E-state index contributed by atoms with van der Waals surface area (Å²) in [6.45, 7) is 6.41. The third kappa shape index (κ3) is 3.08. The number of anilines is 1. The number of ether oxygens (including phenoxy) is 1. The van der Waals surface area contributed by atoms with Gasteiger partial charge in [0.2, 0.25) is 5.88 Å². The molecule has 0 aliphatic rings. The van der Waals surface area contributed by atoms with Gasteiger partial charge in [0.15, 0.2) is 0 Å². The third-order valence-corrected chi connectivity index (χ3v) is 2.81. The van der Waals surface area contributed by atoms with E-state index in [1.165, 1.54) is 0 Å². The smallest absolute Gasteiger partial charge is 0.215 e. The molecule has 2 aromatic rings. The highest BCUT2D eigenvalue weighted by Crippen LogP contribution is 2.25. The zero-order valence-electron chi connectivity index (χ0n) is 12.0. The van der Waals surface area contributed by atoms with Crippen LogP contribution >= 0.6 is 0 Å². The summed E-state index contributed by atoms with van der Waals surface area (Å²) >= 11 is 0. The lowest BCUT2D eigenvalue weighted by Crippen LogP contribution is -2.12.